The van der Waals surface area contributed by atoms with Crippen LogP contribution in [-0.4, -0.2) is 46.1 Å². The van der Waals surface area contributed by atoms with Gasteiger partial charge in [0.1, 0.15) is 6.10 Å². The Kier molecular flexibility index (Phi) is 48.0. The van der Waals surface area contributed by atoms with Crippen LogP contribution in [0.4, 0.5) is 0 Å². The van der Waals surface area contributed by atoms with Crippen molar-refractivity contribution in [3.05, 3.63) is 36.5 Å². The number of nitrogens with one attached hydrogen (secondary N) is 1. The Morgan fingerprint density at radius 2 is 0.695 bits per heavy atom. The minimum atomic E-state index is -1.11. The zero-order valence-electron chi connectivity index (χ0n) is 39.6. The molecule has 0 fully saturated rings. The van der Waals surface area contributed by atoms with Gasteiger partial charge in [0.05, 0.1) is 18.8 Å². The number of allylic oxidation sites excluding steroid dienone is 5. The summed E-state index contributed by atoms with van der Waals surface area (Å²) in [5.41, 5.74) is 0. The highest BCUT2D eigenvalue weighted by Gasteiger charge is 2.22. The normalized spacial score (nSPS) is 13.6. The Hall–Kier alpha value is -1.43. The van der Waals surface area contributed by atoms with Gasteiger partial charge < -0.3 is 20.6 Å². The lowest BCUT2D eigenvalue weighted by atomic mass is 10.0. The average Bonchev–Trinajstić information content (AvgIpc) is 3.24. The SMILES string of the molecule is CCCCCCC/C=C/CC/C=C/CC/C=C/C(O)C(CO)NC(=O)C(O)CCCCCCCCCCCCCCCCCCCCCCCCCCCCCCCC. The molecule has 348 valence electrons. The topological polar surface area (TPSA) is 89.8 Å². The first kappa shape index (κ1) is 57.6. The number of hydrogen-bond donors (Lipinski definition) is 4. The van der Waals surface area contributed by atoms with Crippen LogP contribution in [0, 0.1) is 0 Å². The summed E-state index contributed by atoms with van der Waals surface area (Å²) < 4.78 is 0. The lowest BCUT2D eigenvalue weighted by Gasteiger charge is -2.21. The van der Waals surface area contributed by atoms with Crippen molar-refractivity contribution in [1.29, 1.82) is 0 Å². The van der Waals surface area contributed by atoms with Crippen molar-refractivity contribution in [2.24, 2.45) is 0 Å². The van der Waals surface area contributed by atoms with E-state index in [4.69, 9.17) is 0 Å². The van der Waals surface area contributed by atoms with Crippen LogP contribution in [0.25, 0.3) is 0 Å². The summed E-state index contributed by atoms with van der Waals surface area (Å²) in [6.07, 6.45) is 63.6. The maximum Gasteiger partial charge on any atom is 0.249 e. The van der Waals surface area contributed by atoms with E-state index < -0.39 is 24.2 Å². The van der Waals surface area contributed by atoms with Crippen molar-refractivity contribution in [3.63, 3.8) is 0 Å². The molecule has 0 bridgehead atoms. The third-order valence-corrected chi connectivity index (χ3v) is 12.2. The molecule has 0 radical (unpaired) electrons. The first-order chi connectivity index (χ1) is 29.1. The average molecular weight is 830 g/mol. The molecule has 3 unspecified atom stereocenters. The standard InChI is InChI=1S/C54H103NO4/c1-3-5-7-9-11-13-15-17-19-20-21-22-23-24-25-26-27-28-29-30-31-32-33-35-37-39-41-43-45-47-49-53(58)54(59)55-51(50-56)52(57)48-46-44-42-40-38-36-34-18-16-14-12-10-8-6-4-2/h16,18,38,40,46,48,51-53,56-58H,3-15,17,19-37,39,41-45,47,49-50H2,1-2H3,(H,55,59)/b18-16+,40-38+,48-46+. The molecule has 0 aliphatic carbocycles. The molecule has 5 heteroatoms. The van der Waals surface area contributed by atoms with Gasteiger partial charge in [0.25, 0.3) is 0 Å². The highest BCUT2D eigenvalue weighted by molar-refractivity contribution is 5.80. The summed E-state index contributed by atoms with van der Waals surface area (Å²) in [7, 11) is 0. The van der Waals surface area contributed by atoms with E-state index in [9.17, 15) is 20.1 Å². The van der Waals surface area contributed by atoms with Crippen LogP contribution in [0.1, 0.15) is 277 Å². The Labute approximate surface area is 368 Å². The molecule has 1 amide bonds. The predicted octanol–water partition coefficient (Wildman–Crippen LogP) is 15.9. The van der Waals surface area contributed by atoms with E-state index in [1.807, 2.05) is 6.08 Å². The molecule has 4 N–H and O–H groups in total. The molecule has 0 aromatic heterocycles. The largest absolute Gasteiger partial charge is 0.394 e. The van der Waals surface area contributed by atoms with Crippen LogP contribution in [0.3, 0.4) is 0 Å². The van der Waals surface area contributed by atoms with Crippen LogP contribution >= 0.6 is 0 Å². The minimum Gasteiger partial charge on any atom is -0.394 e. The molecular formula is C54H103NO4. The van der Waals surface area contributed by atoms with E-state index >= 15 is 0 Å². The molecule has 0 rings (SSSR count). The fourth-order valence-electron chi connectivity index (χ4n) is 8.10. The first-order valence-electron chi connectivity index (χ1n) is 26.3. The molecule has 0 aromatic rings. The second kappa shape index (κ2) is 49.2. The van der Waals surface area contributed by atoms with Gasteiger partial charge in [0.2, 0.25) is 5.91 Å². The number of carbonyl (C=O) groups is 1. The van der Waals surface area contributed by atoms with Gasteiger partial charge in [-0.25, -0.2) is 0 Å². The molecule has 0 saturated heterocycles. The first-order valence-corrected chi connectivity index (χ1v) is 26.3. The van der Waals surface area contributed by atoms with Gasteiger partial charge in [-0.05, 0) is 44.9 Å². The number of aliphatic hydroxyl groups excluding tert-OH is 3. The molecule has 0 saturated carbocycles. The van der Waals surface area contributed by atoms with Crippen molar-refractivity contribution in [3.8, 4) is 0 Å². The highest BCUT2D eigenvalue weighted by atomic mass is 16.3. The van der Waals surface area contributed by atoms with Crippen molar-refractivity contribution >= 4 is 5.91 Å². The highest BCUT2D eigenvalue weighted by Crippen LogP contribution is 2.17. The molecule has 0 heterocycles. The number of rotatable bonds is 48. The van der Waals surface area contributed by atoms with Crippen molar-refractivity contribution < 1.29 is 20.1 Å². The maximum atomic E-state index is 12.5. The predicted molar refractivity (Wildman–Crippen MR) is 259 cm³/mol. The van der Waals surface area contributed by atoms with Gasteiger partial charge in [-0.1, -0.05) is 269 Å². The van der Waals surface area contributed by atoms with Crippen molar-refractivity contribution in [1.82, 2.24) is 5.32 Å². The number of hydrogen-bond acceptors (Lipinski definition) is 4. The van der Waals surface area contributed by atoms with Crippen molar-refractivity contribution in [2.45, 2.75) is 295 Å². The fourth-order valence-corrected chi connectivity index (χ4v) is 8.10. The quantitative estimate of drug-likeness (QED) is 0.0363. The van der Waals surface area contributed by atoms with E-state index in [2.05, 4.69) is 43.5 Å². The van der Waals surface area contributed by atoms with Crippen LogP contribution in [0.15, 0.2) is 36.5 Å². The summed E-state index contributed by atoms with van der Waals surface area (Å²) in [4.78, 5) is 12.5. The fraction of sp³-hybridized carbons (Fsp3) is 0.870. The van der Waals surface area contributed by atoms with Crippen LogP contribution in [0.5, 0.6) is 0 Å². The zero-order valence-corrected chi connectivity index (χ0v) is 39.6. The Balaban J connectivity index is 3.55. The monoisotopic (exact) mass is 830 g/mol. The van der Waals surface area contributed by atoms with Crippen LogP contribution < -0.4 is 5.32 Å². The van der Waals surface area contributed by atoms with Gasteiger partial charge in [0, 0.05) is 0 Å². The molecule has 0 aromatic carbocycles. The molecule has 0 spiro atoms. The molecule has 5 nitrogen and oxygen atoms in total. The molecule has 3 atom stereocenters. The van der Waals surface area contributed by atoms with Gasteiger partial charge in [-0.15, -0.1) is 0 Å². The summed E-state index contributed by atoms with van der Waals surface area (Å²) in [5.74, 6) is -0.514. The summed E-state index contributed by atoms with van der Waals surface area (Å²) in [6, 6.07) is -0.819. The molecule has 0 aliphatic heterocycles. The summed E-state index contributed by atoms with van der Waals surface area (Å²) in [6.45, 7) is 4.17. The van der Waals surface area contributed by atoms with E-state index in [1.165, 1.54) is 212 Å². The van der Waals surface area contributed by atoms with Gasteiger partial charge in [0.15, 0.2) is 0 Å². The maximum absolute atomic E-state index is 12.5. The smallest absolute Gasteiger partial charge is 0.249 e. The third-order valence-electron chi connectivity index (χ3n) is 12.2. The summed E-state index contributed by atoms with van der Waals surface area (Å²) in [5, 5.41) is 33.2. The Bertz CT molecular complexity index is 916. The summed E-state index contributed by atoms with van der Waals surface area (Å²) >= 11 is 0. The zero-order chi connectivity index (χ0) is 43.0. The number of carbonyl (C=O) groups excluding carboxylic acids is 1. The van der Waals surface area contributed by atoms with Gasteiger partial charge in [-0.3, -0.25) is 4.79 Å². The molecule has 0 aliphatic rings. The van der Waals surface area contributed by atoms with E-state index in [0.29, 0.717) is 6.42 Å². The number of amides is 1. The second-order valence-electron chi connectivity index (χ2n) is 18.1. The molecule has 59 heavy (non-hydrogen) atoms. The van der Waals surface area contributed by atoms with Gasteiger partial charge >= 0.3 is 0 Å². The number of aliphatic hydroxyl groups is 3. The van der Waals surface area contributed by atoms with Crippen LogP contribution in [0.2, 0.25) is 0 Å². The Morgan fingerprint density at radius 1 is 0.407 bits per heavy atom. The van der Waals surface area contributed by atoms with Gasteiger partial charge in [-0.2, -0.15) is 0 Å². The number of unbranched alkanes of at least 4 members (excludes halogenated alkanes) is 36. The van der Waals surface area contributed by atoms with E-state index in [-0.39, 0.29) is 6.61 Å². The van der Waals surface area contributed by atoms with Crippen molar-refractivity contribution in [2.75, 3.05) is 6.61 Å². The Morgan fingerprint density at radius 3 is 1.03 bits per heavy atom. The minimum absolute atomic E-state index is 0.379. The molecular weight excluding hydrogens is 727 g/mol. The van der Waals surface area contributed by atoms with Crippen LogP contribution in [-0.2, 0) is 4.79 Å². The second-order valence-corrected chi connectivity index (χ2v) is 18.1. The van der Waals surface area contributed by atoms with E-state index in [1.54, 1.807) is 6.08 Å². The third kappa shape index (κ3) is 44.4. The lowest BCUT2D eigenvalue weighted by Crippen LogP contribution is -2.48. The lowest BCUT2D eigenvalue weighted by molar-refractivity contribution is -0.131. The van der Waals surface area contributed by atoms with E-state index in [0.717, 1.165) is 44.9 Å².